The lowest BCUT2D eigenvalue weighted by molar-refractivity contribution is -0.146. The minimum atomic E-state index is -0.159. The second kappa shape index (κ2) is 13.6. The first kappa shape index (κ1) is 27.3. The molecule has 0 saturated carbocycles. The summed E-state index contributed by atoms with van der Waals surface area (Å²) in [6.45, 7) is 9.56. The van der Waals surface area contributed by atoms with E-state index < -0.39 is 0 Å². The molecule has 0 unspecified atom stereocenters. The number of likely N-dealkylation sites (tertiary alicyclic amines) is 1. The predicted octanol–water partition coefficient (Wildman–Crippen LogP) is 2.42. The van der Waals surface area contributed by atoms with Gasteiger partial charge in [0, 0.05) is 63.4 Å². The van der Waals surface area contributed by atoms with Crippen LogP contribution in [0.2, 0.25) is 0 Å². The minimum absolute atomic E-state index is 0. The molecule has 0 aromatic carbocycles. The number of urea groups is 1. The number of nitrogens with zero attached hydrogens (tertiary/aromatic N) is 4. The van der Waals surface area contributed by atoms with E-state index in [-0.39, 0.29) is 42.9 Å². The van der Waals surface area contributed by atoms with E-state index >= 15 is 0 Å². The van der Waals surface area contributed by atoms with E-state index in [1.807, 2.05) is 30.9 Å². The molecule has 0 atom stereocenters. The molecule has 176 valence electrons. The van der Waals surface area contributed by atoms with E-state index in [2.05, 4.69) is 20.1 Å². The van der Waals surface area contributed by atoms with Gasteiger partial charge in [-0.25, -0.2) is 4.79 Å². The maximum atomic E-state index is 12.6. The molecule has 8 nitrogen and oxygen atoms in total. The first-order chi connectivity index (χ1) is 14.0. The molecule has 31 heavy (non-hydrogen) atoms. The van der Waals surface area contributed by atoms with Crippen LogP contribution in [0, 0.1) is 5.92 Å². The summed E-state index contributed by atoms with van der Waals surface area (Å²) in [5, 5.41) is 3.17. The third-order valence-electron chi connectivity index (χ3n) is 5.44. The highest BCUT2D eigenvalue weighted by Gasteiger charge is 2.26. The Bertz CT molecular complexity index is 664. The van der Waals surface area contributed by atoms with Crippen molar-refractivity contribution >= 4 is 42.5 Å². The van der Waals surface area contributed by atoms with Gasteiger partial charge >= 0.3 is 12.0 Å². The van der Waals surface area contributed by atoms with Crippen LogP contribution in [0.25, 0.3) is 0 Å². The summed E-state index contributed by atoms with van der Waals surface area (Å²) in [4.78, 5) is 34.8. The van der Waals surface area contributed by atoms with Crippen molar-refractivity contribution in [2.24, 2.45) is 5.92 Å². The van der Waals surface area contributed by atoms with Gasteiger partial charge in [0.25, 0.3) is 0 Å². The Balaban J connectivity index is 0.00000240. The number of pyridine rings is 1. The van der Waals surface area contributed by atoms with E-state index in [1.165, 1.54) is 0 Å². The Kier molecular flexibility index (Phi) is 12.0. The van der Waals surface area contributed by atoms with Crippen LogP contribution < -0.4 is 10.2 Å². The monoisotopic (exact) mass is 475 g/mol. The van der Waals surface area contributed by atoms with Crippen LogP contribution >= 0.6 is 24.8 Å². The van der Waals surface area contributed by atoms with Crippen LogP contribution in [-0.4, -0.2) is 85.2 Å². The molecule has 2 aliphatic heterocycles. The highest BCUT2D eigenvalue weighted by atomic mass is 35.5. The number of ether oxygens (including phenoxy) is 1. The first-order valence-electron chi connectivity index (χ1n) is 10.6. The fraction of sp³-hybridized carbons (Fsp3) is 0.667. The Labute approximate surface area is 197 Å². The summed E-state index contributed by atoms with van der Waals surface area (Å²) in [5.74, 6) is 0.194. The number of halogens is 2. The zero-order valence-corrected chi connectivity index (χ0v) is 20.0. The summed E-state index contributed by atoms with van der Waals surface area (Å²) < 4.78 is 5.25. The van der Waals surface area contributed by atoms with Gasteiger partial charge < -0.3 is 19.9 Å². The molecule has 0 radical (unpaired) electrons. The molecule has 0 bridgehead atoms. The number of rotatable bonds is 6. The average molecular weight is 476 g/mol. The summed E-state index contributed by atoms with van der Waals surface area (Å²) in [5.41, 5.74) is 1.15. The number of hydrogen-bond donors (Lipinski definition) is 1. The molecule has 0 aliphatic carbocycles. The Hall–Kier alpha value is -1.77. The van der Waals surface area contributed by atoms with Gasteiger partial charge in [-0.3, -0.25) is 14.7 Å². The van der Waals surface area contributed by atoms with Crippen molar-refractivity contribution in [1.29, 1.82) is 0 Å². The number of carbonyl (C=O) groups is 2. The summed E-state index contributed by atoms with van der Waals surface area (Å²) in [6, 6.07) is 4.20. The van der Waals surface area contributed by atoms with E-state index in [9.17, 15) is 9.59 Å². The lowest BCUT2D eigenvalue weighted by atomic mass is 10.1. The van der Waals surface area contributed by atoms with Crippen molar-refractivity contribution in [2.45, 2.75) is 32.7 Å². The maximum absolute atomic E-state index is 12.6. The van der Waals surface area contributed by atoms with E-state index in [0.717, 1.165) is 44.7 Å². The molecule has 10 heteroatoms. The molecule has 2 amide bonds. The fourth-order valence-corrected chi connectivity index (χ4v) is 3.71. The molecule has 2 fully saturated rings. The predicted molar refractivity (Wildman–Crippen MR) is 126 cm³/mol. The largest absolute Gasteiger partial charge is 0.464 e. The van der Waals surface area contributed by atoms with E-state index in [4.69, 9.17) is 4.74 Å². The number of piperazine rings is 1. The van der Waals surface area contributed by atoms with Gasteiger partial charge in [-0.15, -0.1) is 24.8 Å². The topological polar surface area (TPSA) is 78.0 Å². The smallest absolute Gasteiger partial charge is 0.320 e. The Morgan fingerprint density at radius 3 is 2.26 bits per heavy atom. The zero-order valence-electron chi connectivity index (χ0n) is 18.4. The van der Waals surface area contributed by atoms with Crippen molar-refractivity contribution in [3.63, 3.8) is 0 Å². The first-order valence-corrected chi connectivity index (χ1v) is 10.6. The quantitative estimate of drug-likeness (QED) is 0.636. The van der Waals surface area contributed by atoms with E-state index in [0.29, 0.717) is 32.2 Å². The highest BCUT2D eigenvalue weighted by Crippen LogP contribution is 2.16. The number of esters is 1. The molecule has 3 rings (SSSR count). The molecular weight excluding hydrogens is 441 g/mol. The van der Waals surface area contributed by atoms with Crippen molar-refractivity contribution in [2.75, 3.05) is 57.3 Å². The summed E-state index contributed by atoms with van der Waals surface area (Å²) >= 11 is 0. The molecule has 2 saturated heterocycles. The number of anilines is 1. The van der Waals surface area contributed by atoms with Gasteiger partial charge in [0.15, 0.2) is 0 Å². The van der Waals surface area contributed by atoms with Gasteiger partial charge in [0.05, 0.1) is 13.2 Å². The standard InChI is InChI=1S/C21H33N5O3.2ClH/c1-17(2)16-29-20(27)15-24-9-5-18(6-10-24)23-21(28)26-13-11-25(12-14-26)19-3-7-22-8-4-19;;/h3-4,7-8,17-18H,5-6,9-16H2,1-2H3,(H,23,28);2*1H. The number of nitrogens with one attached hydrogen (secondary N) is 1. The van der Waals surface area contributed by atoms with Crippen LogP contribution in [0.3, 0.4) is 0 Å². The average Bonchev–Trinajstić information content (AvgIpc) is 2.74. The summed E-state index contributed by atoms with van der Waals surface area (Å²) in [6.07, 6.45) is 5.32. The lowest BCUT2D eigenvalue weighted by Crippen LogP contribution is -2.55. The third kappa shape index (κ3) is 8.71. The molecule has 1 aromatic rings. The molecule has 2 aliphatic rings. The van der Waals surface area contributed by atoms with Crippen molar-refractivity contribution in [3.05, 3.63) is 24.5 Å². The summed E-state index contributed by atoms with van der Waals surface area (Å²) in [7, 11) is 0. The molecule has 0 spiro atoms. The SMILES string of the molecule is CC(C)COC(=O)CN1CCC(NC(=O)N2CCN(c3ccncc3)CC2)CC1.Cl.Cl. The lowest BCUT2D eigenvalue weighted by Gasteiger charge is -2.37. The number of amides is 2. The van der Waals surface area contributed by atoms with Crippen LogP contribution in [0.1, 0.15) is 26.7 Å². The van der Waals surface area contributed by atoms with Crippen LogP contribution in [-0.2, 0) is 9.53 Å². The van der Waals surface area contributed by atoms with Crippen molar-refractivity contribution < 1.29 is 14.3 Å². The molecule has 1 N–H and O–H groups in total. The van der Waals surface area contributed by atoms with Crippen LogP contribution in [0.5, 0.6) is 0 Å². The number of carbonyl (C=O) groups excluding carboxylic acids is 2. The van der Waals surface area contributed by atoms with Crippen LogP contribution in [0.4, 0.5) is 10.5 Å². The number of piperidine rings is 1. The second-order valence-electron chi connectivity index (χ2n) is 8.26. The third-order valence-corrected chi connectivity index (χ3v) is 5.44. The van der Waals surface area contributed by atoms with Gasteiger partial charge in [-0.05, 0) is 30.9 Å². The second-order valence-corrected chi connectivity index (χ2v) is 8.26. The number of hydrogen-bond acceptors (Lipinski definition) is 6. The zero-order chi connectivity index (χ0) is 20.6. The van der Waals surface area contributed by atoms with Gasteiger partial charge in [-0.2, -0.15) is 0 Å². The van der Waals surface area contributed by atoms with Crippen LogP contribution in [0.15, 0.2) is 24.5 Å². The number of aromatic nitrogens is 1. The Morgan fingerprint density at radius 2 is 1.68 bits per heavy atom. The minimum Gasteiger partial charge on any atom is -0.464 e. The molecule has 3 heterocycles. The van der Waals surface area contributed by atoms with Crippen molar-refractivity contribution in [3.8, 4) is 0 Å². The molecule has 1 aromatic heterocycles. The van der Waals surface area contributed by atoms with E-state index in [1.54, 1.807) is 12.4 Å². The van der Waals surface area contributed by atoms with Gasteiger partial charge in [0.1, 0.15) is 0 Å². The highest BCUT2D eigenvalue weighted by molar-refractivity contribution is 5.85. The fourth-order valence-electron chi connectivity index (χ4n) is 3.71. The normalized spacial score (nSPS) is 17.5. The van der Waals surface area contributed by atoms with Gasteiger partial charge in [-0.1, -0.05) is 13.8 Å². The Morgan fingerprint density at radius 1 is 1.06 bits per heavy atom. The van der Waals surface area contributed by atoms with Gasteiger partial charge in [0.2, 0.25) is 0 Å². The maximum Gasteiger partial charge on any atom is 0.320 e. The molecular formula is C21H35Cl2N5O3. The van der Waals surface area contributed by atoms with Crippen molar-refractivity contribution in [1.82, 2.24) is 20.1 Å².